The maximum absolute atomic E-state index is 11.9. The lowest BCUT2D eigenvalue weighted by atomic mass is 10.2. The molecule has 31 heavy (non-hydrogen) atoms. The first-order valence-corrected chi connectivity index (χ1v) is 9.56. The lowest BCUT2D eigenvalue weighted by Crippen LogP contribution is -2.18. The quantitative estimate of drug-likeness (QED) is 0.203. The van der Waals surface area contributed by atoms with Crippen LogP contribution in [0.25, 0.3) is 0 Å². The van der Waals surface area contributed by atoms with Gasteiger partial charge in [0.2, 0.25) is 0 Å². The molecule has 0 aliphatic carbocycles. The number of amidine groups is 1. The Morgan fingerprint density at radius 3 is 1.74 bits per heavy atom. The summed E-state index contributed by atoms with van der Waals surface area (Å²) >= 11 is 11.6. The molecule has 0 aliphatic rings. The molecule has 0 bridgehead atoms. The molecule has 4 N–H and O–H groups in total. The Kier molecular flexibility index (Phi) is 7.31. The molecule has 0 saturated carbocycles. The molecule has 3 aromatic rings. The first-order valence-electron chi connectivity index (χ1n) is 8.81. The van der Waals surface area contributed by atoms with Crippen LogP contribution in [0.5, 0.6) is 5.75 Å². The molecule has 0 aromatic heterocycles. The van der Waals surface area contributed by atoms with Crippen molar-refractivity contribution in [3.63, 3.8) is 0 Å². The van der Waals surface area contributed by atoms with Crippen molar-refractivity contribution in [3.05, 3.63) is 88.4 Å². The molecule has 0 fully saturated rings. The Labute approximate surface area is 187 Å². The van der Waals surface area contributed by atoms with Crippen molar-refractivity contribution >= 4 is 52.6 Å². The van der Waals surface area contributed by atoms with Gasteiger partial charge in [-0.05, 0) is 72.8 Å². The van der Waals surface area contributed by atoms with E-state index in [1.54, 1.807) is 60.7 Å². The van der Waals surface area contributed by atoms with E-state index >= 15 is 0 Å². The van der Waals surface area contributed by atoms with E-state index in [0.29, 0.717) is 27.0 Å². The smallest absolute Gasteiger partial charge is 0.410 e. The highest BCUT2D eigenvalue weighted by Gasteiger charge is 2.08. The summed E-state index contributed by atoms with van der Waals surface area (Å²) in [6, 6.07) is 19.2. The molecule has 3 rings (SSSR count). The van der Waals surface area contributed by atoms with Crippen LogP contribution in [-0.4, -0.2) is 18.0 Å². The minimum atomic E-state index is -0.816. The van der Waals surface area contributed by atoms with Crippen LogP contribution in [0.15, 0.2) is 78.0 Å². The fraction of sp³-hybridized carbons (Fsp3) is 0. The summed E-state index contributed by atoms with van der Waals surface area (Å²) in [5.41, 5.74) is 7.31. The third-order valence-corrected chi connectivity index (χ3v) is 4.27. The number of benzene rings is 3. The summed E-state index contributed by atoms with van der Waals surface area (Å²) in [5.74, 6) is 0.243. The fourth-order valence-corrected chi connectivity index (χ4v) is 2.55. The topological polar surface area (TPSA) is 115 Å². The Morgan fingerprint density at radius 1 is 0.742 bits per heavy atom. The number of hydrogen-bond donors (Lipinski definition) is 3. The van der Waals surface area contributed by atoms with Crippen LogP contribution < -0.4 is 21.1 Å². The largest absolute Gasteiger partial charge is 0.437 e. The van der Waals surface area contributed by atoms with Crippen LogP contribution in [0.3, 0.4) is 0 Å². The van der Waals surface area contributed by atoms with Crippen LogP contribution in [0.2, 0.25) is 10.0 Å². The molecule has 0 saturated heterocycles. The van der Waals surface area contributed by atoms with Gasteiger partial charge in [0.25, 0.3) is 0 Å². The predicted octanol–water partition coefficient (Wildman–Crippen LogP) is 5.47. The summed E-state index contributed by atoms with van der Waals surface area (Å²) in [7, 11) is 0. The van der Waals surface area contributed by atoms with Crippen molar-refractivity contribution in [2.75, 3.05) is 10.6 Å². The zero-order valence-corrected chi connectivity index (χ0v) is 17.4. The number of ether oxygens (including phenoxy) is 1. The predicted molar refractivity (Wildman–Crippen MR) is 120 cm³/mol. The molecule has 0 atom stereocenters. The summed E-state index contributed by atoms with van der Waals surface area (Å²) < 4.78 is 5.19. The molecule has 10 heteroatoms. The van der Waals surface area contributed by atoms with Gasteiger partial charge in [0.1, 0.15) is 5.75 Å². The molecule has 8 nitrogen and oxygen atoms in total. The van der Waals surface area contributed by atoms with Crippen LogP contribution in [-0.2, 0) is 4.84 Å². The summed E-state index contributed by atoms with van der Waals surface area (Å²) in [4.78, 5) is 28.5. The van der Waals surface area contributed by atoms with Gasteiger partial charge in [-0.2, -0.15) is 0 Å². The van der Waals surface area contributed by atoms with Gasteiger partial charge >= 0.3 is 12.2 Å². The summed E-state index contributed by atoms with van der Waals surface area (Å²) in [5, 5.41) is 9.73. The number of rotatable bonds is 5. The molecule has 0 radical (unpaired) electrons. The first-order chi connectivity index (χ1) is 14.9. The van der Waals surface area contributed by atoms with E-state index in [1.165, 1.54) is 12.1 Å². The maximum Gasteiger partial charge on any atom is 0.437 e. The Morgan fingerprint density at radius 2 is 1.23 bits per heavy atom. The van der Waals surface area contributed by atoms with Gasteiger partial charge in [-0.15, -0.1) is 0 Å². The van der Waals surface area contributed by atoms with Crippen molar-refractivity contribution in [1.29, 1.82) is 0 Å². The average molecular weight is 459 g/mol. The molecule has 0 heterocycles. The summed E-state index contributed by atoms with van der Waals surface area (Å²) in [6.07, 6.45) is -1.48. The number of oxime groups is 1. The number of anilines is 2. The Bertz CT molecular complexity index is 1090. The van der Waals surface area contributed by atoms with Gasteiger partial charge in [0.05, 0.1) is 0 Å². The number of nitrogens with one attached hydrogen (secondary N) is 2. The SMILES string of the molecule is N/C(=N\OC(=O)Nc1ccc(Cl)cc1)c1ccc(OC(=O)Nc2ccc(Cl)cc2)cc1. The lowest BCUT2D eigenvalue weighted by Gasteiger charge is -2.07. The zero-order chi connectivity index (χ0) is 22.2. The van der Waals surface area contributed by atoms with Crippen molar-refractivity contribution in [2.24, 2.45) is 10.9 Å². The number of amides is 2. The molecule has 0 aliphatic heterocycles. The monoisotopic (exact) mass is 458 g/mol. The number of nitrogens with two attached hydrogens (primary N) is 1. The van der Waals surface area contributed by atoms with Crippen LogP contribution in [0, 0.1) is 0 Å². The van der Waals surface area contributed by atoms with E-state index < -0.39 is 12.2 Å². The minimum absolute atomic E-state index is 0.0385. The van der Waals surface area contributed by atoms with E-state index in [0.717, 1.165) is 0 Å². The molecule has 0 spiro atoms. The highest BCUT2D eigenvalue weighted by Crippen LogP contribution is 2.16. The first kappa shape index (κ1) is 21.9. The molecular weight excluding hydrogens is 443 g/mol. The van der Waals surface area contributed by atoms with Gasteiger partial charge in [0, 0.05) is 27.0 Å². The van der Waals surface area contributed by atoms with Crippen molar-refractivity contribution in [3.8, 4) is 5.75 Å². The van der Waals surface area contributed by atoms with Gasteiger partial charge in [-0.1, -0.05) is 28.4 Å². The van der Waals surface area contributed by atoms with E-state index in [4.69, 9.17) is 38.5 Å². The number of nitrogens with zero attached hydrogens (tertiary/aromatic N) is 1. The van der Waals surface area contributed by atoms with Crippen molar-refractivity contribution in [2.45, 2.75) is 0 Å². The van der Waals surface area contributed by atoms with Gasteiger partial charge in [-0.25, -0.2) is 9.59 Å². The second kappa shape index (κ2) is 10.3. The maximum atomic E-state index is 11.9. The van der Waals surface area contributed by atoms with Gasteiger partial charge in [0.15, 0.2) is 5.84 Å². The molecule has 0 unspecified atom stereocenters. The normalized spacial score (nSPS) is 10.8. The van der Waals surface area contributed by atoms with Crippen molar-refractivity contribution < 1.29 is 19.2 Å². The standard InChI is InChI=1S/C21H16Cl2N4O4/c22-14-3-7-16(8-4-14)25-20(28)30-18-11-1-13(2-12-18)19(24)27-31-21(29)26-17-9-5-15(23)6-10-17/h1-12H,(H2,24,27)(H,25,28)(H,26,29). The second-order valence-corrected chi connectivity index (χ2v) is 6.91. The van der Waals surface area contributed by atoms with Crippen molar-refractivity contribution in [1.82, 2.24) is 0 Å². The van der Waals surface area contributed by atoms with E-state index in [-0.39, 0.29) is 11.6 Å². The van der Waals surface area contributed by atoms with Crippen LogP contribution >= 0.6 is 23.2 Å². The highest BCUT2D eigenvalue weighted by atomic mass is 35.5. The third-order valence-electron chi connectivity index (χ3n) is 3.77. The molecule has 158 valence electrons. The minimum Gasteiger partial charge on any atom is -0.410 e. The number of carbonyl (C=O) groups excluding carboxylic acids is 2. The van der Waals surface area contributed by atoms with E-state index in [9.17, 15) is 9.59 Å². The number of hydrogen-bond acceptors (Lipinski definition) is 5. The Balaban J connectivity index is 1.52. The average Bonchev–Trinajstić information content (AvgIpc) is 2.76. The lowest BCUT2D eigenvalue weighted by molar-refractivity contribution is 0.166. The fourth-order valence-electron chi connectivity index (χ4n) is 2.29. The van der Waals surface area contributed by atoms with E-state index in [2.05, 4.69) is 15.8 Å². The summed E-state index contributed by atoms with van der Waals surface area (Å²) in [6.45, 7) is 0. The van der Waals surface area contributed by atoms with Crippen LogP contribution in [0.4, 0.5) is 21.0 Å². The number of carbonyl (C=O) groups is 2. The Hall–Kier alpha value is -3.75. The molecule has 3 aromatic carbocycles. The number of halogens is 2. The van der Waals surface area contributed by atoms with E-state index in [1.807, 2.05) is 0 Å². The van der Waals surface area contributed by atoms with Gasteiger partial charge in [-0.3, -0.25) is 15.5 Å². The zero-order valence-electron chi connectivity index (χ0n) is 15.8. The van der Waals surface area contributed by atoms with Gasteiger partial charge < -0.3 is 10.5 Å². The molecule has 2 amide bonds. The highest BCUT2D eigenvalue weighted by molar-refractivity contribution is 6.30. The molecular formula is C21H16Cl2N4O4. The third kappa shape index (κ3) is 6.91. The second-order valence-electron chi connectivity index (χ2n) is 6.03. The van der Waals surface area contributed by atoms with Crippen LogP contribution in [0.1, 0.15) is 5.56 Å².